The van der Waals surface area contributed by atoms with Gasteiger partial charge in [-0.15, -0.1) is 0 Å². The molecular weight excluding hydrogens is 395 g/mol. The number of carbonyl (C=O) groups is 2. The van der Waals surface area contributed by atoms with Crippen LogP contribution in [0.1, 0.15) is 5.56 Å². The molecule has 28 heavy (non-hydrogen) atoms. The summed E-state index contributed by atoms with van der Waals surface area (Å²) >= 11 is 5.93. The highest BCUT2D eigenvalue weighted by Crippen LogP contribution is 2.30. The fourth-order valence-corrected chi connectivity index (χ4v) is 2.87. The van der Waals surface area contributed by atoms with Gasteiger partial charge in [0.2, 0.25) is 0 Å². The average Bonchev–Trinajstić information content (AvgIpc) is 2.67. The van der Waals surface area contributed by atoms with Crippen molar-refractivity contribution >= 4 is 34.9 Å². The van der Waals surface area contributed by atoms with Gasteiger partial charge < -0.3 is 14.8 Å². The molecule has 0 radical (unpaired) electrons. The third-order valence-electron chi connectivity index (χ3n) is 4.04. The summed E-state index contributed by atoms with van der Waals surface area (Å²) in [5.41, 5.74) is -0.00555. The Morgan fingerprint density at radius 2 is 2.11 bits per heavy atom. The van der Waals surface area contributed by atoms with Gasteiger partial charge in [0.25, 0.3) is 11.6 Å². The molecule has 8 nitrogen and oxygen atoms in total. The van der Waals surface area contributed by atoms with Crippen LogP contribution in [-0.2, 0) is 20.7 Å². The molecule has 1 heterocycles. The summed E-state index contributed by atoms with van der Waals surface area (Å²) in [6, 6.07) is 7.79. The van der Waals surface area contributed by atoms with E-state index < -0.39 is 35.1 Å². The summed E-state index contributed by atoms with van der Waals surface area (Å²) < 4.78 is 24.1. The van der Waals surface area contributed by atoms with Crippen molar-refractivity contribution in [2.24, 2.45) is 5.92 Å². The molecule has 1 aliphatic heterocycles. The number of nitrogens with one attached hydrogen (secondary N) is 1. The lowest BCUT2D eigenvalue weighted by atomic mass is 9.97. The number of rotatable bonds is 5. The predicted octanol–water partition coefficient (Wildman–Crippen LogP) is 3.12. The van der Waals surface area contributed by atoms with E-state index in [1.54, 1.807) is 18.2 Å². The molecule has 0 spiro atoms. The minimum Gasteiger partial charge on any atom is -0.492 e. The highest BCUT2D eigenvalue weighted by Gasteiger charge is 2.28. The number of nitro groups is 1. The first-order chi connectivity index (χ1) is 13.3. The molecule has 0 saturated heterocycles. The number of hydrogen-bond donors (Lipinski definition) is 1. The van der Waals surface area contributed by atoms with Crippen LogP contribution < -0.4 is 10.1 Å². The standard InChI is InChI=1S/C18H14ClFN2O6/c19-12-1-4-16-10(6-12)5-11(8-27-16)18(24)28-9-17(23)21-15-7-13(22(25)26)2-3-14(15)20/h1-4,6-7,11H,5,8-9H2,(H,21,23)/t11-/m1/s1. The second-order valence-electron chi connectivity index (χ2n) is 6.04. The lowest BCUT2D eigenvalue weighted by Gasteiger charge is -2.24. The van der Waals surface area contributed by atoms with Gasteiger partial charge in [0.05, 0.1) is 16.5 Å². The summed E-state index contributed by atoms with van der Waals surface area (Å²) in [4.78, 5) is 34.1. The minimum absolute atomic E-state index is 0.0919. The van der Waals surface area contributed by atoms with Crippen LogP contribution >= 0.6 is 11.6 Å². The van der Waals surface area contributed by atoms with E-state index >= 15 is 0 Å². The van der Waals surface area contributed by atoms with Crippen LogP contribution in [-0.4, -0.2) is 30.0 Å². The lowest BCUT2D eigenvalue weighted by molar-refractivity contribution is -0.384. The molecule has 1 amide bonds. The van der Waals surface area contributed by atoms with Gasteiger partial charge >= 0.3 is 5.97 Å². The number of ether oxygens (including phenoxy) is 2. The zero-order valence-electron chi connectivity index (χ0n) is 14.3. The van der Waals surface area contributed by atoms with Gasteiger partial charge in [-0.25, -0.2) is 4.39 Å². The molecule has 0 bridgehead atoms. The zero-order valence-corrected chi connectivity index (χ0v) is 15.1. The highest BCUT2D eigenvalue weighted by atomic mass is 35.5. The third-order valence-corrected chi connectivity index (χ3v) is 4.28. The van der Waals surface area contributed by atoms with E-state index in [4.69, 9.17) is 21.1 Å². The molecule has 2 aromatic carbocycles. The number of nitro benzene ring substituents is 1. The van der Waals surface area contributed by atoms with E-state index in [0.717, 1.165) is 23.8 Å². The molecule has 10 heteroatoms. The Labute approximate surface area is 163 Å². The molecular formula is C18H14ClFN2O6. The Morgan fingerprint density at radius 3 is 2.86 bits per heavy atom. The van der Waals surface area contributed by atoms with E-state index in [-0.39, 0.29) is 18.0 Å². The van der Waals surface area contributed by atoms with Crippen molar-refractivity contribution in [1.29, 1.82) is 0 Å². The monoisotopic (exact) mass is 408 g/mol. The SMILES string of the molecule is O=C(COC(=O)[C@H]1COc2ccc(Cl)cc2C1)Nc1cc([N+](=O)[O-])ccc1F. The first kappa shape index (κ1) is 19.6. The molecule has 146 valence electrons. The predicted molar refractivity (Wildman–Crippen MR) is 96.8 cm³/mol. The van der Waals surface area contributed by atoms with Crippen molar-refractivity contribution in [3.63, 3.8) is 0 Å². The number of halogens is 2. The van der Waals surface area contributed by atoms with Crippen molar-refractivity contribution in [3.05, 3.63) is 62.9 Å². The van der Waals surface area contributed by atoms with E-state index in [0.29, 0.717) is 17.2 Å². The number of esters is 1. The summed E-state index contributed by atoms with van der Waals surface area (Å²) in [5, 5.41) is 13.4. The van der Waals surface area contributed by atoms with Crippen molar-refractivity contribution in [1.82, 2.24) is 0 Å². The maximum absolute atomic E-state index is 13.7. The van der Waals surface area contributed by atoms with E-state index in [2.05, 4.69) is 5.32 Å². The van der Waals surface area contributed by atoms with E-state index in [1.807, 2.05) is 0 Å². The van der Waals surface area contributed by atoms with Crippen LogP contribution in [0.2, 0.25) is 5.02 Å². The van der Waals surface area contributed by atoms with Crippen molar-refractivity contribution in [3.8, 4) is 5.75 Å². The molecule has 1 atom stereocenters. The zero-order chi connectivity index (χ0) is 20.3. The topological polar surface area (TPSA) is 108 Å². The molecule has 0 fully saturated rings. The van der Waals surface area contributed by atoms with Crippen LogP contribution in [0.3, 0.4) is 0 Å². The first-order valence-electron chi connectivity index (χ1n) is 8.15. The van der Waals surface area contributed by atoms with Gasteiger partial charge in [0, 0.05) is 17.2 Å². The number of benzene rings is 2. The van der Waals surface area contributed by atoms with Gasteiger partial charge in [-0.3, -0.25) is 19.7 Å². The summed E-state index contributed by atoms with van der Waals surface area (Å²) in [5.74, 6) is -2.31. The maximum atomic E-state index is 13.7. The van der Waals surface area contributed by atoms with Gasteiger partial charge in [-0.05, 0) is 36.2 Å². The smallest absolute Gasteiger partial charge is 0.313 e. The number of anilines is 1. The Morgan fingerprint density at radius 1 is 1.32 bits per heavy atom. The third kappa shape index (κ3) is 4.55. The number of nitrogens with zero attached hydrogens (tertiary/aromatic N) is 1. The first-order valence-corrected chi connectivity index (χ1v) is 8.53. The molecule has 0 saturated carbocycles. The van der Waals surface area contributed by atoms with Crippen LogP contribution in [0, 0.1) is 21.8 Å². The van der Waals surface area contributed by atoms with Crippen molar-refractivity contribution in [2.45, 2.75) is 6.42 Å². The molecule has 1 N–H and O–H groups in total. The fraction of sp³-hybridized carbons (Fsp3) is 0.222. The molecule has 1 aliphatic rings. The Balaban J connectivity index is 1.56. The largest absolute Gasteiger partial charge is 0.492 e. The van der Waals surface area contributed by atoms with Gasteiger partial charge in [0.15, 0.2) is 6.61 Å². The second kappa shape index (κ2) is 8.22. The Hall–Kier alpha value is -3.20. The number of fused-ring (bicyclic) bond motifs is 1. The fourth-order valence-electron chi connectivity index (χ4n) is 2.68. The van der Waals surface area contributed by atoms with Crippen LogP contribution in [0.25, 0.3) is 0 Å². The number of hydrogen-bond acceptors (Lipinski definition) is 6. The second-order valence-corrected chi connectivity index (χ2v) is 6.48. The molecule has 0 aliphatic carbocycles. The van der Waals surface area contributed by atoms with Crippen LogP contribution in [0.4, 0.5) is 15.8 Å². The molecule has 2 aromatic rings. The van der Waals surface area contributed by atoms with Crippen LogP contribution in [0.15, 0.2) is 36.4 Å². The van der Waals surface area contributed by atoms with Crippen LogP contribution in [0.5, 0.6) is 5.75 Å². The average molecular weight is 409 g/mol. The lowest BCUT2D eigenvalue weighted by Crippen LogP contribution is -2.32. The quantitative estimate of drug-likeness (QED) is 0.462. The van der Waals surface area contributed by atoms with Crippen molar-refractivity contribution in [2.75, 3.05) is 18.5 Å². The minimum atomic E-state index is -0.848. The number of carbonyl (C=O) groups excluding carboxylic acids is 2. The van der Waals surface area contributed by atoms with Gasteiger partial charge in [-0.1, -0.05) is 11.6 Å². The van der Waals surface area contributed by atoms with Crippen molar-refractivity contribution < 1.29 is 28.4 Å². The molecule has 0 aromatic heterocycles. The highest BCUT2D eigenvalue weighted by molar-refractivity contribution is 6.30. The van der Waals surface area contributed by atoms with Gasteiger partial charge in [0.1, 0.15) is 18.2 Å². The van der Waals surface area contributed by atoms with E-state index in [9.17, 15) is 24.1 Å². The van der Waals surface area contributed by atoms with Gasteiger partial charge in [-0.2, -0.15) is 0 Å². The Kier molecular flexibility index (Phi) is 5.74. The number of amides is 1. The summed E-state index contributed by atoms with van der Waals surface area (Å²) in [6.07, 6.45) is 0.343. The normalized spacial score (nSPS) is 15.1. The van der Waals surface area contributed by atoms with E-state index in [1.165, 1.54) is 0 Å². The Bertz CT molecular complexity index is 952. The number of non-ortho nitro benzene ring substituents is 1. The molecule has 0 unspecified atom stereocenters. The molecule has 3 rings (SSSR count). The summed E-state index contributed by atoms with van der Waals surface area (Å²) in [6.45, 7) is -0.575. The maximum Gasteiger partial charge on any atom is 0.313 e. The summed E-state index contributed by atoms with van der Waals surface area (Å²) in [7, 11) is 0.